The molecule has 0 unspecified atom stereocenters. The van der Waals surface area contributed by atoms with Gasteiger partial charge in [-0.1, -0.05) is 6.07 Å². The molecule has 0 saturated heterocycles. The fourth-order valence-electron chi connectivity index (χ4n) is 1.44. The molecule has 2 aromatic rings. The van der Waals surface area contributed by atoms with Crippen LogP contribution in [0.25, 0.3) is 0 Å². The summed E-state index contributed by atoms with van der Waals surface area (Å²) in [7, 11) is 0. The van der Waals surface area contributed by atoms with E-state index in [2.05, 4.69) is 15.3 Å². The first kappa shape index (κ1) is 13.9. The Morgan fingerprint density at radius 2 is 2.00 bits per heavy atom. The smallest absolute Gasteiger partial charge is 0.262 e. The average Bonchev–Trinajstić information content (AvgIpc) is 2.41. The first-order valence-electron chi connectivity index (χ1n) is 5.71. The van der Waals surface area contributed by atoms with E-state index in [9.17, 15) is 13.6 Å². The van der Waals surface area contributed by atoms with E-state index in [1.54, 1.807) is 6.92 Å². The van der Waals surface area contributed by atoms with Crippen LogP contribution in [0.1, 0.15) is 5.69 Å². The largest absolute Gasteiger partial charge is 0.467 e. The first-order chi connectivity index (χ1) is 9.56. The third-order valence-electron chi connectivity index (χ3n) is 2.36. The summed E-state index contributed by atoms with van der Waals surface area (Å²) in [6, 6.07) is 4.85. The summed E-state index contributed by atoms with van der Waals surface area (Å²) in [5, 5.41) is 2.11. The zero-order valence-electron chi connectivity index (χ0n) is 10.6. The number of hydrogen-bond donors (Lipinski definition) is 1. The van der Waals surface area contributed by atoms with Gasteiger partial charge in [0.1, 0.15) is 23.6 Å². The van der Waals surface area contributed by atoms with Crippen molar-refractivity contribution in [3.8, 4) is 5.88 Å². The number of para-hydroxylation sites is 1. The Balaban J connectivity index is 1.96. The highest BCUT2D eigenvalue weighted by molar-refractivity contribution is 5.92. The lowest BCUT2D eigenvalue weighted by molar-refractivity contribution is -0.118. The van der Waals surface area contributed by atoms with Crippen molar-refractivity contribution in [2.45, 2.75) is 6.92 Å². The normalized spacial score (nSPS) is 10.2. The molecule has 1 aromatic heterocycles. The van der Waals surface area contributed by atoms with Crippen LogP contribution in [0.5, 0.6) is 5.88 Å². The number of ether oxygens (including phenoxy) is 1. The van der Waals surface area contributed by atoms with Gasteiger partial charge < -0.3 is 10.1 Å². The number of aryl methyl sites for hydroxylation is 1. The molecule has 0 atom stereocenters. The average molecular weight is 279 g/mol. The number of carbonyl (C=O) groups excluding carboxylic acids is 1. The molecule has 0 fully saturated rings. The molecule has 0 saturated carbocycles. The zero-order chi connectivity index (χ0) is 14.5. The van der Waals surface area contributed by atoms with Crippen LogP contribution in [-0.2, 0) is 4.79 Å². The Bertz CT molecular complexity index is 615. The molecule has 0 aliphatic carbocycles. The standard InChI is InChI=1S/C13H11F2N3O2/c1-8-5-12(17-7-16-8)20-6-11(19)18-13-9(14)3-2-4-10(13)15/h2-5,7H,6H2,1H3,(H,18,19). The third kappa shape index (κ3) is 3.47. The van der Waals surface area contributed by atoms with E-state index in [1.807, 2.05) is 0 Å². The third-order valence-corrected chi connectivity index (χ3v) is 2.36. The maximum Gasteiger partial charge on any atom is 0.262 e. The number of carbonyl (C=O) groups is 1. The minimum atomic E-state index is -0.851. The zero-order valence-corrected chi connectivity index (χ0v) is 10.6. The van der Waals surface area contributed by atoms with Crippen LogP contribution >= 0.6 is 0 Å². The van der Waals surface area contributed by atoms with Crippen molar-refractivity contribution in [1.82, 2.24) is 9.97 Å². The van der Waals surface area contributed by atoms with E-state index in [1.165, 1.54) is 18.5 Å². The maximum atomic E-state index is 13.3. The van der Waals surface area contributed by atoms with Gasteiger partial charge in [0.2, 0.25) is 5.88 Å². The molecule has 1 aromatic carbocycles. The van der Waals surface area contributed by atoms with Gasteiger partial charge in [0.05, 0.1) is 0 Å². The molecule has 1 heterocycles. The van der Waals surface area contributed by atoms with Crippen molar-refractivity contribution in [1.29, 1.82) is 0 Å². The molecule has 0 spiro atoms. The molecule has 1 N–H and O–H groups in total. The molecule has 0 aliphatic heterocycles. The predicted octanol–water partition coefficient (Wildman–Crippen LogP) is 2.08. The number of nitrogens with zero attached hydrogens (tertiary/aromatic N) is 2. The fourth-order valence-corrected chi connectivity index (χ4v) is 1.44. The Hall–Kier alpha value is -2.57. The van der Waals surface area contributed by atoms with Gasteiger partial charge in [-0.15, -0.1) is 0 Å². The lowest BCUT2D eigenvalue weighted by Crippen LogP contribution is -2.21. The van der Waals surface area contributed by atoms with E-state index in [0.717, 1.165) is 12.1 Å². The monoisotopic (exact) mass is 279 g/mol. The van der Waals surface area contributed by atoms with Gasteiger partial charge in [0, 0.05) is 11.8 Å². The van der Waals surface area contributed by atoms with Crippen LogP contribution in [0.3, 0.4) is 0 Å². The number of aromatic nitrogens is 2. The molecule has 104 valence electrons. The molecule has 7 heteroatoms. The summed E-state index contributed by atoms with van der Waals surface area (Å²) >= 11 is 0. The molecular formula is C13H11F2N3O2. The summed E-state index contributed by atoms with van der Waals surface area (Å²) in [5.74, 6) is -2.18. The van der Waals surface area contributed by atoms with Gasteiger partial charge in [0.15, 0.2) is 6.61 Å². The number of amides is 1. The highest BCUT2D eigenvalue weighted by Gasteiger charge is 2.12. The van der Waals surface area contributed by atoms with E-state index >= 15 is 0 Å². The summed E-state index contributed by atoms with van der Waals surface area (Å²) in [5.41, 5.74) is 0.176. The molecule has 1 amide bonds. The van der Waals surface area contributed by atoms with Crippen molar-refractivity contribution < 1.29 is 18.3 Å². The lowest BCUT2D eigenvalue weighted by Gasteiger charge is -2.08. The quantitative estimate of drug-likeness (QED) is 0.930. The number of rotatable bonds is 4. The molecule has 0 bridgehead atoms. The van der Waals surface area contributed by atoms with E-state index in [0.29, 0.717) is 5.69 Å². The number of hydrogen-bond acceptors (Lipinski definition) is 4. The van der Waals surface area contributed by atoms with Crippen LogP contribution in [-0.4, -0.2) is 22.5 Å². The van der Waals surface area contributed by atoms with Gasteiger partial charge in [-0.05, 0) is 19.1 Å². The van der Waals surface area contributed by atoms with Gasteiger partial charge in [-0.3, -0.25) is 4.79 Å². The first-order valence-corrected chi connectivity index (χ1v) is 5.71. The number of halogens is 2. The number of benzene rings is 1. The molecule has 2 rings (SSSR count). The highest BCUT2D eigenvalue weighted by Crippen LogP contribution is 2.17. The van der Waals surface area contributed by atoms with Crippen molar-refractivity contribution in [2.75, 3.05) is 11.9 Å². The molecule has 0 aliphatic rings. The van der Waals surface area contributed by atoms with E-state index < -0.39 is 29.8 Å². The predicted molar refractivity (Wildman–Crippen MR) is 67.3 cm³/mol. The van der Waals surface area contributed by atoms with E-state index in [4.69, 9.17) is 4.74 Å². The van der Waals surface area contributed by atoms with Crippen LogP contribution in [0.15, 0.2) is 30.6 Å². The molecule has 0 radical (unpaired) electrons. The van der Waals surface area contributed by atoms with Crippen LogP contribution in [0.2, 0.25) is 0 Å². The number of anilines is 1. The SMILES string of the molecule is Cc1cc(OCC(=O)Nc2c(F)cccc2F)ncn1. The summed E-state index contributed by atoms with van der Waals surface area (Å²) in [6.07, 6.45) is 1.29. The summed E-state index contributed by atoms with van der Waals surface area (Å²) in [6.45, 7) is 1.33. The lowest BCUT2D eigenvalue weighted by atomic mass is 10.3. The van der Waals surface area contributed by atoms with Crippen molar-refractivity contribution >= 4 is 11.6 Å². The topological polar surface area (TPSA) is 64.1 Å². The Morgan fingerprint density at radius 3 is 2.65 bits per heavy atom. The van der Waals surface area contributed by atoms with Crippen molar-refractivity contribution in [2.24, 2.45) is 0 Å². The summed E-state index contributed by atoms with van der Waals surface area (Å²) in [4.78, 5) is 19.2. The Kier molecular flexibility index (Phi) is 4.19. The minimum absolute atomic E-state index is 0.210. The minimum Gasteiger partial charge on any atom is -0.467 e. The Morgan fingerprint density at radius 1 is 1.30 bits per heavy atom. The Labute approximate surface area is 113 Å². The second-order valence-corrected chi connectivity index (χ2v) is 3.93. The van der Waals surface area contributed by atoms with Crippen molar-refractivity contribution in [3.63, 3.8) is 0 Å². The number of nitrogens with one attached hydrogen (secondary N) is 1. The fraction of sp³-hybridized carbons (Fsp3) is 0.154. The molecule has 5 nitrogen and oxygen atoms in total. The highest BCUT2D eigenvalue weighted by atomic mass is 19.1. The molecule has 20 heavy (non-hydrogen) atoms. The van der Waals surface area contributed by atoms with Crippen LogP contribution in [0.4, 0.5) is 14.5 Å². The van der Waals surface area contributed by atoms with Crippen LogP contribution < -0.4 is 10.1 Å². The second-order valence-electron chi connectivity index (χ2n) is 3.93. The van der Waals surface area contributed by atoms with Gasteiger partial charge >= 0.3 is 0 Å². The molecular weight excluding hydrogens is 268 g/mol. The van der Waals surface area contributed by atoms with Gasteiger partial charge in [0.25, 0.3) is 5.91 Å². The van der Waals surface area contributed by atoms with Gasteiger partial charge in [-0.2, -0.15) is 0 Å². The summed E-state index contributed by atoms with van der Waals surface area (Å²) < 4.78 is 31.7. The van der Waals surface area contributed by atoms with Gasteiger partial charge in [-0.25, -0.2) is 18.7 Å². The van der Waals surface area contributed by atoms with Crippen molar-refractivity contribution in [3.05, 3.63) is 47.9 Å². The second kappa shape index (κ2) is 6.05. The van der Waals surface area contributed by atoms with Crippen LogP contribution in [0, 0.1) is 18.6 Å². The maximum absolute atomic E-state index is 13.3. The van der Waals surface area contributed by atoms with E-state index in [-0.39, 0.29) is 5.88 Å².